The Morgan fingerprint density at radius 2 is 1.79 bits per heavy atom. The molecule has 3 rings (SSSR count). The molecule has 1 aliphatic rings. The van der Waals surface area contributed by atoms with Gasteiger partial charge in [0.2, 0.25) is 0 Å². The molecule has 6 nitrogen and oxygen atoms in total. The van der Waals surface area contributed by atoms with Crippen LogP contribution in [0.3, 0.4) is 0 Å². The van der Waals surface area contributed by atoms with Crippen LogP contribution in [0.15, 0.2) is 41.3 Å². The molecule has 2 aromatic rings. The first-order valence-electron chi connectivity index (χ1n) is 9.79. The summed E-state index contributed by atoms with van der Waals surface area (Å²) in [6, 6.07) is 11.8. The monoisotopic (exact) mass is 415 g/mol. The zero-order chi connectivity index (χ0) is 20.6. The predicted molar refractivity (Wildman–Crippen MR) is 115 cm³/mol. The summed E-state index contributed by atoms with van der Waals surface area (Å²) in [5.74, 6) is 0.0747. The molecule has 1 heterocycles. The maximum atomic E-state index is 11.4. The van der Waals surface area contributed by atoms with Gasteiger partial charge in [-0.25, -0.2) is 0 Å². The number of hydrogen-bond donors (Lipinski definition) is 3. The first kappa shape index (κ1) is 21.2. The molecule has 2 aromatic carbocycles. The van der Waals surface area contributed by atoms with Crippen LogP contribution in [0.25, 0.3) is 16.8 Å². The number of unbranched alkanes of at least 4 members (excludes halogenated alkanes) is 4. The van der Waals surface area contributed by atoms with Gasteiger partial charge in [0.15, 0.2) is 6.23 Å². The quantitative estimate of drug-likeness (QED) is 0.484. The van der Waals surface area contributed by atoms with Gasteiger partial charge < -0.3 is 20.3 Å². The van der Waals surface area contributed by atoms with Gasteiger partial charge in [0, 0.05) is 16.7 Å². The number of aliphatic hydroxyl groups excluding tert-OH is 1. The number of hydrogen-bond acceptors (Lipinski definition) is 5. The molecule has 154 valence electrons. The number of carbonyl (C=O) groups excluding carboxylic acids is 1. The molecular formula is C22H25NO5S. The van der Waals surface area contributed by atoms with Crippen LogP contribution in [0.5, 0.6) is 5.75 Å². The van der Waals surface area contributed by atoms with Gasteiger partial charge in [-0.15, -0.1) is 0 Å². The number of fused-ring (bicyclic) bond motifs is 1. The maximum absolute atomic E-state index is 11.4. The number of carbonyl (C=O) groups is 2. The SMILES string of the molecule is O=C(O)CCCCCCCOc1ccc(/C=C2\SC(=O)NC2O)c2ccccc12. The molecule has 1 atom stereocenters. The molecule has 0 spiro atoms. The Labute approximate surface area is 173 Å². The topological polar surface area (TPSA) is 95.9 Å². The summed E-state index contributed by atoms with van der Waals surface area (Å²) in [7, 11) is 0. The van der Waals surface area contributed by atoms with E-state index >= 15 is 0 Å². The molecule has 1 saturated heterocycles. The van der Waals surface area contributed by atoms with E-state index in [1.807, 2.05) is 42.5 Å². The standard InChI is InChI=1S/C22H25NO5S/c24-20(25)10-4-2-1-3-7-13-28-18-12-11-15(16-8-5-6-9-17(16)18)14-19-21(26)23-22(27)29-19/h5-6,8-9,11-12,14,21,26H,1-4,7,10,13H2,(H,23,27)(H,24,25)/b19-14-. The zero-order valence-corrected chi connectivity index (χ0v) is 16.9. The lowest BCUT2D eigenvalue weighted by molar-refractivity contribution is -0.137. The van der Waals surface area contributed by atoms with E-state index in [1.165, 1.54) is 0 Å². The number of carboxylic acids is 1. The Kier molecular flexibility index (Phi) is 7.55. The fourth-order valence-corrected chi connectivity index (χ4v) is 4.02. The lowest BCUT2D eigenvalue weighted by Gasteiger charge is -2.12. The first-order chi connectivity index (χ1) is 14.0. The van der Waals surface area contributed by atoms with E-state index in [4.69, 9.17) is 9.84 Å². The van der Waals surface area contributed by atoms with Crippen LogP contribution in [-0.2, 0) is 4.79 Å². The number of rotatable bonds is 10. The molecule has 3 N–H and O–H groups in total. The van der Waals surface area contributed by atoms with Crippen molar-refractivity contribution in [2.24, 2.45) is 0 Å². The lowest BCUT2D eigenvalue weighted by atomic mass is 10.0. The molecule has 1 amide bonds. The van der Waals surface area contributed by atoms with Crippen molar-refractivity contribution in [2.45, 2.75) is 44.8 Å². The van der Waals surface area contributed by atoms with Crippen LogP contribution in [-0.4, -0.2) is 34.3 Å². The Balaban J connectivity index is 1.60. The summed E-state index contributed by atoms with van der Waals surface area (Å²) >= 11 is 1.00. The van der Waals surface area contributed by atoms with Crippen LogP contribution in [0.4, 0.5) is 4.79 Å². The molecule has 29 heavy (non-hydrogen) atoms. The smallest absolute Gasteiger partial charge is 0.303 e. The fraction of sp³-hybridized carbons (Fsp3) is 0.364. The van der Waals surface area contributed by atoms with Crippen molar-refractivity contribution in [1.82, 2.24) is 5.32 Å². The highest BCUT2D eigenvalue weighted by atomic mass is 32.2. The Morgan fingerprint density at radius 1 is 1.07 bits per heavy atom. The third kappa shape index (κ3) is 5.98. The van der Waals surface area contributed by atoms with E-state index in [9.17, 15) is 14.7 Å². The predicted octanol–water partition coefficient (Wildman–Crippen LogP) is 4.76. The van der Waals surface area contributed by atoms with Crippen LogP contribution in [0, 0.1) is 0 Å². The normalized spacial score (nSPS) is 17.6. The molecular weight excluding hydrogens is 390 g/mol. The van der Waals surface area contributed by atoms with Crippen molar-refractivity contribution in [3.63, 3.8) is 0 Å². The van der Waals surface area contributed by atoms with Crippen molar-refractivity contribution in [3.05, 3.63) is 46.9 Å². The Hall–Kier alpha value is -2.51. The van der Waals surface area contributed by atoms with Gasteiger partial charge in [0.05, 0.1) is 6.61 Å². The van der Waals surface area contributed by atoms with Gasteiger partial charge >= 0.3 is 5.97 Å². The first-order valence-corrected chi connectivity index (χ1v) is 10.6. The van der Waals surface area contributed by atoms with Gasteiger partial charge in [-0.05, 0) is 47.7 Å². The molecule has 0 radical (unpaired) electrons. The summed E-state index contributed by atoms with van der Waals surface area (Å²) < 4.78 is 5.99. The molecule has 1 fully saturated rings. The number of carboxylic acid groups (broad SMARTS) is 1. The Bertz CT molecular complexity index is 911. The second kappa shape index (κ2) is 10.3. The van der Waals surface area contributed by atoms with Crippen molar-refractivity contribution < 1.29 is 24.5 Å². The second-order valence-corrected chi connectivity index (χ2v) is 7.99. The van der Waals surface area contributed by atoms with E-state index in [1.54, 1.807) is 0 Å². The third-order valence-electron chi connectivity index (χ3n) is 4.74. The summed E-state index contributed by atoms with van der Waals surface area (Å²) in [6.07, 6.45) is 5.71. The maximum Gasteiger partial charge on any atom is 0.303 e. The molecule has 0 bridgehead atoms. The van der Waals surface area contributed by atoms with E-state index < -0.39 is 12.2 Å². The van der Waals surface area contributed by atoms with Gasteiger partial charge in [-0.1, -0.05) is 49.6 Å². The number of aliphatic hydroxyl groups is 1. The van der Waals surface area contributed by atoms with E-state index in [0.29, 0.717) is 11.5 Å². The van der Waals surface area contributed by atoms with E-state index in [2.05, 4.69) is 5.32 Å². The van der Waals surface area contributed by atoms with Gasteiger partial charge in [0.25, 0.3) is 5.24 Å². The third-order valence-corrected chi connectivity index (χ3v) is 5.62. The summed E-state index contributed by atoms with van der Waals surface area (Å²) in [5, 5.41) is 22.7. The fourth-order valence-electron chi connectivity index (χ4n) is 3.27. The molecule has 0 aromatic heterocycles. The average Bonchev–Trinajstić information content (AvgIpc) is 3.02. The summed E-state index contributed by atoms with van der Waals surface area (Å²) in [4.78, 5) is 22.5. The summed E-state index contributed by atoms with van der Waals surface area (Å²) in [5.41, 5.74) is 0.921. The molecule has 0 aliphatic carbocycles. The zero-order valence-electron chi connectivity index (χ0n) is 16.1. The molecule has 0 saturated carbocycles. The molecule has 1 aliphatic heterocycles. The minimum atomic E-state index is -0.960. The van der Waals surface area contributed by atoms with Crippen molar-refractivity contribution in [2.75, 3.05) is 6.61 Å². The highest BCUT2D eigenvalue weighted by Crippen LogP contribution is 2.33. The molecule has 7 heteroatoms. The molecule has 1 unspecified atom stereocenters. The highest BCUT2D eigenvalue weighted by molar-refractivity contribution is 8.17. The van der Waals surface area contributed by atoms with Crippen molar-refractivity contribution in [1.29, 1.82) is 0 Å². The number of nitrogens with one attached hydrogen (secondary N) is 1. The van der Waals surface area contributed by atoms with Crippen LogP contribution in [0.2, 0.25) is 0 Å². The second-order valence-electron chi connectivity index (χ2n) is 6.94. The average molecular weight is 416 g/mol. The van der Waals surface area contributed by atoms with Crippen LogP contribution in [0.1, 0.15) is 44.1 Å². The number of aliphatic carboxylic acids is 1. The summed E-state index contributed by atoms with van der Waals surface area (Å²) in [6.45, 7) is 0.607. The van der Waals surface area contributed by atoms with Crippen molar-refractivity contribution >= 4 is 39.8 Å². The lowest BCUT2D eigenvalue weighted by Crippen LogP contribution is -2.24. The van der Waals surface area contributed by atoms with E-state index in [-0.39, 0.29) is 11.7 Å². The Morgan fingerprint density at radius 3 is 2.52 bits per heavy atom. The van der Waals surface area contributed by atoms with Crippen LogP contribution < -0.4 is 10.1 Å². The minimum absolute atomic E-state index is 0.241. The number of amides is 1. The number of thioether (sulfide) groups is 1. The van der Waals surface area contributed by atoms with Gasteiger partial charge in [-0.2, -0.15) is 0 Å². The van der Waals surface area contributed by atoms with Crippen LogP contribution >= 0.6 is 11.8 Å². The number of ether oxygens (including phenoxy) is 1. The van der Waals surface area contributed by atoms with Crippen molar-refractivity contribution in [3.8, 4) is 5.75 Å². The minimum Gasteiger partial charge on any atom is -0.493 e. The van der Waals surface area contributed by atoms with Gasteiger partial charge in [-0.3, -0.25) is 9.59 Å². The van der Waals surface area contributed by atoms with Gasteiger partial charge in [0.1, 0.15) is 5.75 Å². The largest absolute Gasteiger partial charge is 0.493 e. The van der Waals surface area contributed by atoms with E-state index in [0.717, 1.165) is 66.0 Å². The highest BCUT2D eigenvalue weighted by Gasteiger charge is 2.25. The number of benzene rings is 2.